The Hall–Kier alpha value is -1.06. The highest BCUT2D eigenvalue weighted by Gasteiger charge is 2.34. The van der Waals surface area contributed by atoms with Gasteiger partial charge in [0.05, 0.1) is 13.7 Å². The van der Waals surface area contributed by atoms with E-state index in [1.807, 2.05) is 24.3 Å². The van der Waals surface area contributed by atoms with Crippen LogP contribution in [0.15, 0.2) is 24.3 Å². The van der Waals surface area contributed by atoms with Gasteiger partial charge >= 0.3 is 0 Å². The number of aliphatic hydroxyl groups excluding tert-OH is 1. The minimum atomic E-state index is -0.673. The van der Waals surface area contributed by atoms with Gasteiger partial charge in [-0.05, 0) is 23.6 Å². The van der Waals surface area contributed by atoms with Gasteiger partial charge in [0.1, 0.15) is 5.75 Å². The first-order valence-electron chi connectivity index (χ1n) is 5.16. The Morgan fingerprint density at radius 1 is 1.33 bits per heavy atom. The van der Waals surface area contributed by atoms with E-state index in [1.54, 1.807) is 7.11 Å². The monoisotopic (exact) mass is 208 g/mol. The molecule has 0 saturated carbocycles. The fraction of sp³-hybridized carbons (Fsp3) is 0.500. The molecule has 1 saturated heterocycles. The van der Waals surface area contributed by atoms with Crippen molar-refractivity contribution in [2.45, 2.75) is 19.1 Å². The summed E-state index contributed by atoms with van der Waals surface area (Å²) in [6, 6.07) is 7.79. The van der Waals surface area contributed by atoms with Crippen molar-refractivity contribution in [2.75, 3.05) is 13.7 Å². The van der Waals surface area contributed by atoms with E-state index in [4.69, 9.17) is 9.47 Å². The highest BCUT2D eigenvalue weighted by Crippen LogP contribution is 2.35. The molecule has 82 valence electrons. The van der Waals surface area contributed by atoms with Crippen LogP contribution in [0.5, 0.6) is 5.75 Å². The van der Waals surface area contributed by atoms with Gasteiger partial charge in [-0.1, -0.05) is 19.1 Å². The summed E-state index contributed by atoms with van der Waals surface area (Å²) in [4.78, 5) is 0. The van der Waals surface area contributed by atoms with Gasteiger partial charge in [-0.25, -0.2) is 0 Å². The van der Waals surface area contributed by atoms with Crippen LogP contribution in [0, 0.1) is 5.92 Å². The molecule has 3 nitrogen and oxygen atoms in total. The molecule has 1 aromatic carbocycles. The van der Waals surface area contributed by atoms with Crippen LogP contribution in [0.1, 0.15) is 18.4 Å². The first kappa shape index (κ1) is 10.5. The van der Waals surface area contributed by atoms with Crippen LogP contribution in [0.3, 0.4) is 0 Å². The summed E-state index contributed by atoms with van der Waals surface area (Å²) < 4.78 is 10.3. The van der Waals surface area contributed by atoms with Crippen molar-refractivity contribution in [2.24, 2.45) is 5.92 Å². The molecular weight excluding hydrogens is 192 g/mol. The van der Waals surface area contributed by atoms with Gasteiger partial charge in [0.2, 0.25) is 0 Å². The maximum atomic E-state index is 9.69. The van der Waals surface area contributed by atoms with Crippen LogP contribution in [-0.2, 0) is 4.74 Å². The standard InChI is InChI=1S/C12H16O3/c1-8-7-15-12(13)11(8)9-3-5-10(14-2)6-4-9/h3-6,8,11-13H,7H2,1-2H3. The van der Waals surface area contributed by atoms with Crippen molar-refractivity contribution in [3.8, 4) is 5.75 Å². The van der Waals surface area contributed by atoms with Crippen LogP contribution in [0.25, 0.3) is 0 Å². The number of hydrogen-bond acceptors (Lipinski definition) is 3. The Labute approximate surface area is 89.6 Å². The van der Waals surface area contributed by atoms with Crippen LogP contribution in [-0.4, -0.2) is 25.1 Å². The zero-order chi connectivity index (χ0) is 10.8. The number of rotatable bonds is 2. The van der Waals surface area contributed by atoms with Gasteiger partial charge in [0.25, 0.3) is 0 Å². The van der Waals surface area contributed by atoms with Crippen molar-refractivity contribution in [3.05, 3.63) is 29.8 Å². The molecule has 1 heterocycles. The summed E-state index contributed by atoms with van der Waals surface area (Å²) in [6.45, 7) is 2.71. The minimum absolute atomic E-state index is 0.0795. The lowest BCUT2D eigenvalue weighted by Crippen LogP contribution is -2.16. The topological polar surface area (TPSA) is 38.7 Å². The molecular formula is C12H16O3. The Balaban J connectivity index is 2.21. The molecule has 0 aromatic heterocycles. The van der Waals surface area contributed by atoms with Crippen LogP contribution >= 0.6 is 0 Å². The number of ether oxygens (including phenoxy) is 2. The minimum Gasteiger partial charge on any atom is -0.497 e. The summed E-state index contributed by atoms with van der Waals surface area (Å²) in [6.07, 6.45) is -0.673. The summed E-state index contributed by atoms with van der Waals surface area (Å²) in [7, 11) is 1.64. The average molecular weight is 208 g/mol. The molecule has 3 heteroatoms. The molecule has 1 fully saturated rings. The van der Waals surface area contributed by atoms with Gasteiger partial charge in [0.15, 0.2) is 6.29 Å². The van der Waals surface area contributed by atoms with Gasteiger partial charge in [-0.3, -0.25) is 0 Å². The van der Waals surface area contributed by atoms with Crippen molar-refractivity contribution in [3.63, 3.8) is 0 Å². The first-order valence-corrected chi connectivity index (χ1v) is 5.16. The molecule has 0 bridgehead atoms. The van der Waals surface area contributed by atoms with Crippen molar-refractivity contribution in [1.82, 2.24) is 0 Å². The van der Waals surface area contributed by atoms with E-state index in [0.29, 0.717) is 12.5 Å². The zero-order valence-electron chi connectivity index (χ0n) is 9.01. The maximum absolute atomic E-state index is 9.69. The van der Waals surface area contributed by atoms with Crippen molar-refractivity contribution < 1.29 is 14.6 Å². The van der Waals surface area contributed by atoms with Crippen LogP contribution in [0.2, 0.25) is 0 Å². The third kappa shape index (κ3) is 1.98. The zero-order valence-corrected chi connectivity index (χ0v) is 9.01. The van der Waals surface area contributed by atoms with Crippen LogP contribution < -0.4 is 4.74 Å². The normalized spacial score (nSPS) is 30.5. The van der Waals surface area contributed by atoms with E-state index in [0.717, 1.165) is 11.3 Å². The first-order chi connectivity index (χ1) is 7.22. The number of aliphatic hydroxyl groups is 1. The SMILES string of the molecule is COc1ccc(C2C(C)COC2O)cc1. The molecule has 3 unspecified atom stereocenters. The van der Waals surface area contributed by atoms with E-state index in [2.05, 4.69) is 6.92 Å². The molecule has 15 heavy (non-hydrogen) atoms. The highest BCUT2D eigenvalue weighted by molar-refractivity contribution is 5.30. The molecule has 3 atom stereocenters. The molecule has 1 aliphatic rings. The lowest BCUT2D eigenvalue weighted by molar-refractivity contribution is -0.0678. The summed E-state index contributed by atoms with van der Waals surface area (Å²) in [5.41, 5.74) is 1.10. The predicted molar refractivity (Wildman–Crippen MR) is 56.9 cm³/mol. The van der Waals surface area contributed by atoms with Crippen LogP contribution in [0.4, 0.5) is 0 Å². The molecule has 0 spiro atoms. The summed E-state index contributed by atoms with van der Waals surface area (Å²) in [5.74, 6) is 1.27. The second-order valence-corrected chi connectivity index (χ2v) is 4.00. The lowest BCUT2D eigenvalue weighted by Gasteiger charge is -2.17. The Kier molecular flexibility index (Phi) is 2.93. The highest BCUT2D eigenvalue weighted by atomic mass is 16.6. The quantitative estimate of drug-likeness (QED) is 0.805. The fourth-order valence-corrected chi connectivity index (χ4v) is 2.06. The van der Waals surface area contributed by atoms with E-state index in [1.165, 1.54) is 0 Å². The number of hydrogen-bond donors (Lipinski definition) is 1. The average Bonchev–Trinajstić information content (AvgIpc) is 2.59. The molecule has 0 aliphatic carbocycles. The third-order valence-electron chi connectivity index (χ3n) is 2.95. The molecule has 2 rings (SSSR count). The van der Waals surface area contributed by atoms with Gasteiger partial charge in [-0.15, -0.1) is 0 Å². The fourth-order valence-electron chi connectivity index (χ4n) is 2.06. The maximum Gasteiger partial charge on any atom is 0.161 e. The Morgan fingerprint density at radius 3 is 2.47 bits per heavy atom. The van der Waals surface area contributed by atoms with Crippen molar-refractivity contribution >= 4 is 0 Å². The van der Waals surface area contributed by atoms with E-state index in [-0.39, 0.29) is 5.92 Å². The van der Waals surface area contributed by atoms with Crippen molar-refractivity contribution in [1.29, 1.82) is 0 Å². The molecule has 1 N–H and O–H groups in total. The third-order valence-corrected chi connectivity index (χ3v) is 2.95. The van der Waals surface area contributed by atoms with Gasteiger partial charge in [0, 0.05) is 5.92 Å². The number of benzene rings is 1. The van der Waals surface area contributed by atoms with E-state index < -0.39 is 6.29 Å². The lowest BCUT2D eigenvalue weighted by atomic mass is 9.89. The Bertz CT molecular complexity index is 310. The summed E-state index contributed by atoms with van der Waals surface area (Å²) in [5, 5.41) is 9.69. The second kappa shape index (κ2) is 4.21. The smallest absolute Gasteiger partial charge is 0.161 e. The molecule has 1 aromatic rings. The molecule has 1 aliphatic heterocycles. The number of methoxy groups -OCH3 is 1. The van der Waals surface area contributed by atoms with Gasteiger partial charge < -0.3 is 14.6 Å². The largest absolute Gasteiger partial charge is 0.497 e. The predicted octanol–water partition coefficient (Wildman–Crippen LogP) is 1.76. The second-order valence-electron chi connectivity index (χ2n) is 4.00. The summed E-state index contributed by atoms with van der Waals surface area (Å²) >= 11 is 0. The molecule has 0 radical (unpaired) electrons. The molecule has 0 amide bonds. The van der Waals surface area contributed by atoms with E-state index in [9.17, 15) is 5.11 Å². The van der Waals surface area contributed by atoms with E-state index >= 15 is 0 Å². The van der Waals surface area contributed by atoms with Gasteiger partial charge in [-0.2, -0.15) is 0 Å². The Morgan fingerprint density at radius 2 is 2.00 bits per heavy atom.